The van der Waals surface area contributed by atoms with Crippen molar-refractivity contribution in [3.05, 3.63) is 23.3 Å². The number of aromatic carboxylic acids is 1. The van der Waals surface area contributed by atoms with Crippen LogP contribution in [-0.4, -0.2) is 64.8 Å². The van der Waals surface area contributed by atoms with Gasteiger partial charge < -0.3 is 30.2 Å². The molecule has 0 bridgehead atoms. The largest absolute Gasteiger partial charge is 0.537 e. The number of nitrogens with one attached hydrogen (secondary N) is 2. The molecule has 0 aliphatic carbocycles. The van der Waals surface area contributed by atoms with Gasteiger partial charge in [0.1, 0.15) is 17.1 Å². The highest BCUT2D eigenvalue weighted by Crippen LogP contribution is 2.40. The third kappa shape index (κ3) is 3.90. The van der Waals surface area contributed by atoms with Crippen molar-refractivity contribution >= 4 is 41.3 Å². The molecule has 148 valence electrons. The summed E-state index contributed by atoms with van der Waals surface area (Å²) in [5, 5.41) is 35.3. The Bertz CT molecular complexity index is 877. The van der Waals surface area contributed by atoms with Gasteiger partial charge in [-0.05, 0) is 31.0 Å². The molecule has 4 rings (SSSR count). The molecule has 1 fully saturated rings. The molecule has 0 unspecified atom stereocenters. The Morgan fingerprint density at radius 3 is 3.07 bits per heavy atom. The number of hydrogen-bond donors (Lipinski definition) is 4. The number of carboxylic acid groups (broad SMARTS) is 1. The Labute approximate surface area is 170 Å². The molecule has 3 heterocycles. The second-order valence-electron chi connectivity index (χ2n) is 6.51. The molecule has 0 amide bonds. The first-order valence-electron chi connectivity index (χ1n) is 8.80. The number of thioether (sulfide) groups is 1. The van der Waals surface area contributed by atoms with Crippen LogP contribution in [0.1, 0.15) is 22.3 Å². The number of nitrogens with zero attached hydrogens (tertiary/aromatic N) is 2. The molecule has 1 aromatic carbocycles. The first-order chi connectivity index (χ1) is 13.5. The van der Waals surface area contributed by atoms with Crippen molar-refractivity contribution in [2.45, 2.75) is 28.4 Å². The van der Waals surface area contributed by atoms with Gasteiger partial charge in [0.25, 0.3) is 0 Å². The van der Waals surface area contributed by atoms with E-state index in [1.165, 1.54) is 30.2 Å². The molecular weight excluding hydrogens is 403 g/mol. The fourth-order valence-corrected chi connectivity index (χ4v) is 5.42. The van der Waals surface area contributed by atoms with Gasteiger partial charge in [-0.15, -0.1) is 10.2 Å². The van der Waals surface area contributed by atoms with Gasteiger partial charge in [0, 0.05) is 12.6 Å². The number of carboxylic acids is 1. The van der Waals surface area contributed by atoms with Crippen LogP contribution in [0.25, 0.3) is 0 Å². The van der Waals surface area contributed by atoms with E-state index in [0.717, 1.165) is 29.0 Å². The number of rotatable bonds is 6. The van der Waals surface area contributed by atoms with Crippen LogP contribution in [0.5, 0.6) is 11.5 Å². The predicted octanol–water partition coefficient (Wildman–Crippen LogP) is 1.13. The fraction of sp³-hybridized carbons (Fsp3) is 0.438. The molecule has 2 aliphatic rings. The lowest BCUT2D eigenvalue weighted by Gasteiger charge is -2.27. The predicted molar refractivity (Wildman–Crippen MR) is 107 cm³/mol. The molecule has 28 heavy (non-hydrogen) atoms. The standard InChI is InChI=1S/C16H19BN4O5S2/c1-25-10-3-2-8-6-11(17(24)26-13(8)12(10)14(22)23)27-16-21-20-15(28-16)19-9-4-5-18-7-9/h2-3,9,11,18,24H,4-7H2,1H3,(H,19,20)(H,22,23)/t9-,11-/m0/s1. The number of benzene rings is 1. The number of aromatic nitrogens is 2. The normalized spacial score (nSPS) is 21.1. The number of carbonyl (C=O) groups is 1. The van der Waals surface area contributed by atoms with Gasteiger partial charge in [-0.3, -0.25) is 0 Å². The van der Waals surface area contributed by atoms with Crippen molar-refractivity contribution in [3.8, 4) is 11.5 Å². The molecular formula is C16H19BN4O5S2. The van der Waals surface area contributed by atoms with Crippen LogP contribution in [0.15, 0.2) is 16.5 Å². The van der Waals surface area contributed by atoms with E-state index in [1.54, 1.807) is 12.1 Å². The highest BCUT2D eigenvalue weighted by atomic mass is 32.2. The van der Waals surface area contributed by atoms with Gasteiger partial charge in [-0.2, -0.15) is 0 Å². The Kier molecular flexibility index (Phi) is 5.62. The summed E-state index contributed by atoms with van der Waals surface area (Å²) in [6.07, 6.45) is 1.49. The molecule has 9 nitrogen and oxygen atoms in total. The van der Waals surface area contributed by atoms with E-state index in [9.17, 15) is 14.9 Å². The van der Waals surface area contributed by atoms with Crippen molar-refractivity contribution in [3.63, 3.8) is 0 Å². The minimum Gasteiger partial charge on any atom is -0.534 e. The lowest BCUT2D eigenvalue weighted by atomic mass is 9.77. The third-order valence-electron chi connectivity index (χ3n) is 4.66. The highest BCUT2D eigenvalue weighted by Gasteiger charge is 2.39. The summed E-state index contributed by atoms with van der Waals surface area (Å²) in [4.78, 5) is 11.6. The van der Waals surface area contributed by atoms with Crippen LogP contribution in [0.4, 0.5) is 5.13 Å². The van der Waals surface area contributed by atoms with Gasteiger partial charge in [0.2, 0.25) is 5.13 Å². The van der Waals surface area contributed by atoms with Crippen LogP contribution in [-0.2, 0) is 6.42 Å². The van der Waals surface area contributed by atoms with E-state index >= 15 is 0 Å². The number of methoxy groups -OCH3 is 1. The van der Waals surface area contributed by atoms with E-state index in [0.29, 0.717) is 18.0 Å². The second-order valence-corrected chi connectivity index (χ2v) is 8.98. The molecule has 2 atom stereocenters. The quantitative estimate of drug-likeness (QED) is 0.504. The summed E-state index contributed by atoms with van der Waals surface area (Å²) in [5.74, 6) is -0.802. The zero-order valence-electron chi connectivity index (χ0n) is 15.0. The molecule has 1 aromatic heterocycles. The Morgan fingerprint density at radius 1 is 1.50 bits per heavy atom. The van der Waals surface area contributed by atoms with Gasteiger partial charge >= 0.3 is 13.1 Å². The van der Waals surface area contributed by atoms with Crippen molar-refractivity contribution < 1.29 is 24.3 Å². The number of anilines is 1. The molecule has 2 aromatic rings. The van der Waals surface area contributed by atoms with E-state index in [4.69, 9.17) is 9.39 Å². The number of fused-ring (bicyclic) bond motifs is 1. The summed E-state index contributed by atoms with van der Waals surface area (Å²) in [6.45, 7) is 1.90. The van der Waals surface area contributed by atoms with Crippen molar-refractivity contribution in [1.29, 1.82) is 0 Å². The van der Waals surface area contributed by atoms with Gasteiger partial charge in [-0.25, -0.2) is 4.79 Å². The summed E-state index contributed by atoms with van der Waals surface area (Å²) in [5.41, 5.74) is 0.635. The van der Waals surface area contributed by atoms with Gasteiger partial charge in [-0.1, -0.05) is 29.2 Å². The van der Waals surface area contributed by atoms with Crippen LogP contribution >= 0.6 is 23.1 Å². The second kappa shape index (κ2) is 8.15. The summed E-state index contributed by atoms with van der Waals surface area (Å²) < 4.78 is 11.4. The fourth-order valence-electron chi connectivity index (χ4n) is 3.29. The van der Waals surface area contributed by atoms with E-state index < -0.39 is 13.1 Å². The van der Waals surface area contributed by atoms with Crippen molar-refractivity contribution in [2.75, 3.05) is 25.5 Å². The molecule has 0 saturated carbocycles. The molecule has 1 saturated heterocycles. The Hall–Kier alpha value is -2.02. The molecule has 2 aliphatic heterocycles. The lowest BCUT2D eigenvalue weighted by Crippen LogP contribution is -2.40. The summed E-state index contributed by atoms with van der Waals surface area (Å²) in [6, 6.07) is 3.72. The van der Waals surface area contributed by atoms with Crippen LogP contribution < -0.4 is 20.0 Å². The smallest absolute Gasteiger partial charge is 0.534 e. The molecule has 0 spiro atoms. The van der Waals surface area contributed by atoms with Crippen LogP contribution in [0, 0.1) is 0 Å². The van der Waals surface area contributed by atoms with E-state index in [1.807, 2.05) is 0 Å². The maximum absolute atomic E-state index is 11.6. The Balaban J connectivity index is 1.48. The molecule has 4 N–H and O–H groups in total. The van der Waals surface area contributed by atoms with Crippen molar-refractivity contribution in [2.24, 2.45) is 0 Å². The first kappa shape index (κ1) is 19.3. The summed E-state index contributed by atoms with van der Waals surface area (Å²) >= 11 is 2.81. The zero-order chi connectivity index (χ0) is 19.7. The SMILES string of the molecule is COc1ccc2c(c1C(=O)O)OB(O)[C@@H](Sc1nnc(N[C@H]3CCNC3)s1)C2. The average Bonchev–Trinajstić information content (AvgIpc) is 3.34. The van der Waals surface area contributed by atoms with E-state index in [-0.39, 0.29) is 22.2 Å². The summed E-state index contributed by atoms with van der Waals surface area (Å²) in [7, 11) is 0.233. The third-order valence-corrected chi connectivity index (χ3v) is 6.83. The maximum atomic E-state index is 11.6. The number of ether oxygens (including phenoxy) is 1. The molecule has 12 heteroatoms. The number of hydrogen-bond acceptors (Lipinski definition) is 10. The average molecular weight is 422 g/mol. The zero-order valence-corrected chi connectivity index (χ0v) is 16.7. The Morgan fingerprint density at radius 2 is 2.36 bits per heavy atom. The van der Waals surface area contributed by atoms with Crippen molar-refractivity contribution in [1.82, 2.24) is 15.5 Å². The van der Waals surface area contributed by atoms with Gasteiger partial charge in [0.15, 0.2) is 4.34 Å². The lowest BCUT2D eigenvalue weighted by molar-refractivity contribution is 0.0690. The molecule has 0 radical (unpaired) electrons. The van der Waals surface area contributed by atoms with Gasteiger partial charge in [0.05, 0.1) is 12.3 Å². The topological polar surface area (TPSA) is 126 Å². The minimum absolute atomic E-state index is 0.0740. The maximum Gasteiger partial charge on any atom is 0.537 e. The van der Waals surface area contributed by atoms with Crippen LogP contribution in [0.2, 0.25) is 0 Å². The van der Waals surface area contributed by atoms with Crippen LogP contribution in [0.3, 0.4) is 0 Å². The minimum atomic E-state index is -1.16. The highest BCUT2D eigenvalue weighted by molar-refractivity contribution is 8.02. The monoisotopic (exact) mass is 422 g/mol. The first-order valence-corrected chi connectivity index (χ1v) is 10.5. The van der Waals surface area contributed by atoms with E-state index in [2.05, 4.69) is 20.8 Å².